The molecule has 0 aliphatic carbocycles. The maximum atomic E-state index is 13.9. The summed E-state index contributed by atoms with van der Waals surface area (Å²) in [6.45, 7) is 0. The van der Waals surface area contributed by atoms with Crippen molar-refractivity contribution < 1.29 is 9.59 Å². The Morgan fingerprint density at radius 3 is 2.03 bits per heavy atom. The van der Waals surface area contributed by atoms with E-state index in [4.69, 9.17) is 11.6 Å². The highest BCUT2D eigenvalue weighted by atomic mass is 35.5. The number of rotatable bonds is 8. The summed E-state index contributed by atoms with van der Waals surface area (Å²) in [6, 6.07) is 29.3. The van der Waals surface area contributed by atoms with Crippen molar-refractivity contribution in [1.29, 1.82) is 0 Å². The molecule has 5 rings (SSSR count). The fraction of sp³-hybridized carbons (Fsp3) is 0.0968. The topological polar surface area (TPSA) is 88.9 Å². The zero-order valence-electron chi connectivity index (χ0n) is 21.2. The van der Waals surface area contributed by atoms with Gasteiger partial charge in [0.1, 0.15) is 11.7 Å². The largest absolute Gasteiger partial charge is 0.338 e. The van der Waals surface area contributed by atoms with E-state index in [2.05, 4.69) is 20.7 Å². The van der Waals surface area contributed by atoms with Gasteiger partial charge < -0.3 is 10.6 Å². The van der Waals surface area contributed by atoms with Gasteiger partial charge in [-0.3, -0.25) is 19.3 Å². The highest BCUT2D eigenvalue weighted by Crippen LogP contribution is 2.30. The Hall–Kier alpha value is -4.75. The van der Waals surface area contributed by atoms with Crippen LogP contribution in [0.2, 0.25) is 5.02 Å². The number of nitrogens with zero attached hydrogens (tertiary/aromatic N) is 3. The van der Waals surface area contributed by atoms with Crippen LogP contribution in [0.25, 0.3) is 11.1 Å². The van der Waals surface area contributed by atoms with E-state index in [-0.39, 0.29) is 5.91 Å². The Kier molecular flexibility index (Phi) is 7.80. The standard InChI is InChI=1S/C31H26ClN5O2/c1-37-27(17-19-34-37)30(38)36-29(28(22-8-4-2-5-9-22)23-10-6-3-7-11-23)31(39)35-24-14-12-21(13-15-24)25-16-18-33-20-26(25)32/h2-20,28-29H,1H3,(H,35,39)(H,36,38)/t29-/m0/s1. The van der Waals surface area contributed by atoms with Gasteiger partial charge in [0, 0.05) is 42.8 Å². The van der Waals surface area contributed by atoms with E-state index in [0.29, 0.717) is 16.4 Å². The normalized spacial score (nSPS) is 11.7. The molecule has 39 heavy (non-hydrogen) atoms. The van der Waals surface area contributed by atoms with Crippen LogP contribution in [-0.4, -0.2) is 32.6 Å². The summed E-state index contributed by atoms with van der Waals surface area (Å²) in [5.74, 6) is -1.19. The summed E-state index contributed by atoms with van der Waals surface area (Å²) in [4.78, 5) is 31.3. The number of anilines is 1. The minimum absolute atomic E-state index is 0.349. The third-order valence-corrected chi connectivity index (χ3v) is 6.81. The Morgan fingerprint density at radius 1 is 0.821 bits per heavy atom. The number of pyridine rings is 1. The van der Waals surface area contributed by atoms with Crippen LogP contribution in [0.5, 0.6) is 0 Å². The zero-order valence-corrected chi connectivity index (χ0v) is 21.9. The average molecular weight is 536 g/mol. The average Bonchev–Trinajstić information content (AvgIpc) is 3.40. The summed E-state index contributed by atoms with van der Waals surface area (Å²) in [5.41, 5.74) is 4.49. The predicted molar refractivity (Wildman–Crippen MR) is 153 cm³/mol. The smallest absolute Gasteiger partial charge is 0.270 e. The quantitative estimate of drug-likeness (QED) is 0.266. The number of hydrogen-bond donors (Lipinski definition) is 2. The van der Waals surface area contributed by atoms with Crippen LogP contribution in [0.1, 0.15) is 27.5 Å². The molecule has 2 amide bonds. The van der Waals surface area contributed by atoms with Crippen molar-refractivity contribution in [1.82, 2.24) is 20.1 Å². The number of amides is 2. The molecule has 0 saturated heterocycles. The molecule has 0 bridgehead atoms. The van der Waals surface area contributed by atoms with Crippen molar-refractivity contribution >= 4 is 29.1 Å². The number of halogens is 1. The lowest BCUT2D eigenvalue weighted by Gasteiger charge is -2.28. The van der Waals surface area contributed by atoms with Crippen LogP contribution in [-0.2, 0) is 11.8 Å². The van der Waals surface area contributed by atoms with Crippen molar-refractivity contribution in [3.05, 3.63) is 137 Å². The van der Waals surface area contributed by atoms with Gasteiger partial charge in [0.25, 0.3) is 5.91 Å². The molecule has 0 spiro atoms. The van der Waals surface area contributed by atoms with Crippen molar-refractivity contribution in [2.45, 2.75) is 12.0 Å². The van der Waals surface area contributed by atoms with Gasteiger partial charge in [0.15, 0.2) is 0 Å². The molecule has 194 valence electrons. The number of carbonyl (C=O) groups excluding carboxylic acids is 2. The lowest BCUT2D eigenvalue weighted by atomic mass is 9.84. The second-order valence-electron chi connectivity index (χ2n) is 9.01. The van der Waals surface area contributed by atoms with E-state index >= 15 is 0 Å². The van der Waals surface area contributed by atoms with Crippen LogP contribution in [0.4, 0.5) is 5.69 Å². The Balaban J connectivity index is 1.49. The van der Waals surface area contributed by atoms with Gasteiger partial charge in [0.2, 0.25) is 5.91 Å². The first kappa shape index (κ1) is 25.9. The van der Waals surface area contributed by atoms with Gasteiger partial charge in [-0.15, -0.1) is 0 Å². The van der Waals surface area contributed by atoms with Crippen LogP contribution in [0.15, 0.2) is 116 Å². The molecular weight excluding hydrogens is 510 g/mol. The number of nitrogens with one attached hydrogen (secondary N) is 2. The third-order valence-electron chi connectivity index (χ3n) is 6.51. The third kappa shape index (κ3) is 5.89. The van der Waals surface area contributed by atoms with E-state index in [9.17, 15) is 9.59 Å². The van der Waals surface area contributed by atoms with E-state index in [1.54, 1.807) is 31.7 Å². The van der Waals surface area contributed by atoms with Crippen molar-refractivity contribution in [2.75, 3.05) is 5.32 Å². The molecule has 3 aromatic carbocycles. The summed E-state index contributed by atoms with van der Waals surface area (Å²) >= 11 is 6.30. The lowest BCUT2D eigenvalue weighted by Crippen LogP contribution is -2.48. The molecule has 8 heteroatoms. The SMILES string of the molecule is Cn1nccc1C(=O)N[C@H](C(=O)Nc1ccc(-c2ccncc2Cl)cc1)C(c1ccccc1)c1ccccc1. The summed E-state index contributed by atoms with van der Waals surface area (Å²) in [6.07, 6.45) is 4.82. The molecule has 2 heterocycles. The summed E-state index contributed by atoms with van der Waals surface area (Å²) in [5, 5.41) is 10.6. The Bertz CT molecular complexity index is 1530. The first-order valence-corrected chi connectivity index (χ1v) is 12.8. The Labute approximate surface area is 231 Å². The fourth-order valence-corrected chi connectivity index (χ4v) is 4.80. The van der Waals surface area contributed by atoms with Crippen LogP contribution < -0.4 is 10.6 Å². The summed E-state index contributed by atoms with van der Waals surface area (Å²) in [7, 11) is 1.69. The van der Waals surface area contributed by atoms with Crippen LogP contribution in [0, 0.1) is 0 Å². The Morgan fingerprint density at radius 2 is 1.46 bits per heavy atom. The van der Waals surface area contributed by atoms with Gasteiger partial charge in [-0.25, -0.2) is 0 Å². The maximum Gasteiger partial charge on any atom is 0.270 e. The molecule has 2 aromatic heterocycles. The van der Waals surface area contributed by atoms with Crippen LogP contribution in [0.3, 0.4) is 0 Å². The van der Waals surface area contributed by atoms with Gasteiger partial charge in [0.05, 0.1) is 5.02 Å². The van der Waals surface area contributed by atoms with Gasteiger partial charge >= 0.3 is 0 Å². The number of aromatic nitrogens is 3. The van der Waals surface area contributed by atoms with E-state index in [1.807, 2.05) is 91.0 Å². The lowest BCUT2D eigenvalue weighted by molar-refractivity contribution is -0.118. The molecule has 0 aliphatic rings. The predicted octanol–water partition coefficient (Wildman–Crippen LogP) is 5.70. The van der Waals surface area contributed by atoms with Crippen molar-refractivity contribution in [3.63, 3.8) is 0 Å². The van der Waals surface area contributed by atoms with E-state index < -0.39 is 17.9 Å². The minimum atomic E-state index is -0.925. The van der Waals surface area contributed by atoms with E-state index in [0.717, 1.165) is 22.3 Å². The first-order chi connectivity index (χ1) is 19.0. The highest BCUT2D eigenvalue weighted by Gasteiger charge is 2.33. The monoisotopic (exact) mass is 535 g/mol. The molecule has 0 radical (unpaired) electrons. The maximum absolute atomic E-state index is 13.9. The van der Waals surface area contributed by atoms with Gasteiger partial charge in [-0.1, -0.05) is 84.4 Å². The van der Waals surface area contributed by atoms with Gasteiger partial charge in [-0.05, 0) is 41.0 Å². The second kappa shape index (κ2) is 11.8. The van der Waals surface area contributed by atoms with Crippen LogP contribution >= 0.6 is 11.6 Å². The van der Waals surface area contributed by atoms with Gasteiger partial charge in [-0.2, -0.15) is 5.10 Å². The second-order valence-corrected chi connectivity index (χ2v) is 9.42. The van der Waals surface area contributed by atoms with E-state index in [1.165, 1.54) is 4.68 Å². The number of hydrogen-bond acceptors (Lipinski definition) is 4. The number of aryl methyl sites for hydroxylation is 1. The molecule has 0 fully saturated rings. The molecular formula is C31H26ClN5O2. The molecule has 7 nitrogen and oxygen atoms in total. The molecule has 5 aromatic rings. The van der Waals surface area contributed by atoms with Crippen molar-refractivity contribution in [2.24, 2.45) is 7.05 Å². The minimum Gasteiger partial charge on any atom is -0.338 e. The molecule has 0 aliphatic heterocycles. The number of carbonyl (C=O) groups is 2. The zero-order chi connectivity index (χ0) is 27.2. The molecule has 0 unspecified atom stereocenters. The molecule has 1 atom stereocenters. The summed E-state index contributed by atoms with van der Waals surface area (Å²) < 4.78 is 1.48. The number of benzene rings is 3. The molecule has 2 N–H and O–H groups in total. The highest BCUT2D eigenvalue weighted by molar-refractivity contribution is 6.33. The first-order valence-electron chi connectivity index (χ1n) is 12.4. The van der Waals surface area contributed by atoms with Crippen molar-refractivity contribution in [3.8, 4) is 11.1 Å². The molecule has 0 saturated carbocycles. The fourth-order valence-electron chi connectivity index (χ4n) is 4.57.